The fourth-order valence-electron chi connectivity index (χ4n) is 4.42. The van der Waals surface area contributed by atoms with E-state index < -0.39 is 0 Å². The summed E-state index contributed by atoms with van der Waals surface area (Å²) in [5.41, 5.74) is 2.85. The summed E-state index contributed by atoms with van der Waals surface area (Å²) in [7, 11) is 0. The highest BCUT2D eigenvalue weighted by molar-refractivity contribution is 5.76. The van der Waals surface area contributed by atoms with Crippen LogP contribution in [0.3, 0.4) is 0 Å². The lowest BCUT2D eigenvalue weighted by Crippen LogP contribution is -2.29. The number of fused-ring (bicyclic) bond motifs is 1. The summed E-state index contributed by atoms with van der Waals surface area (Å²) < 4.78 is 18.5. The molecule has 0 bridgehead atoms. The van der Waals surface area contributed by atoms with Gasteiger partial charge in [-0.15, -0.1) is 0 Å². The lowest BCUT2D eigenvalue weighted by atomic mass is 10.00. The van der Waals surface area contributed by atoms with E-state index >= 15 is 0 Å². The molecule has 0 saturated carbocycles. The van der Waals surface area contributed by atoms with Crippen LogP contribution in [0.2, 0.25) is 0 Å². The third-order valence-electron chi connectivity index (χ3n) is 6.46. The van der Waals surface area contributed by atoms with Gasteiger partial charge in [-0.1, -0.05) is 35.5 Å². The Labute approximate surface area is 207 Å². The van der Waals surface area contributed by atoms with E-state index in [-0.39, 0.29) is 29.6 Å². The van der Waals surface area contributed by atoms with Crippen LogP contribution in [0.15, 0.2) is 63.9 Å². The number of nitrogens with zero attached hydrogens (tertiary/aromatic N) is 3. The summed E-state index contributed by atoms with van der Waals surface area (Å²) in [6, 6.07) is 15.4. The molecule has 1 atom stereocenters. The fourth-order valence-corrected chi connectivity index (χ4v) is 4.42. The lowest BCUT2D eigenvalue weighted by molar-refractivity contribution is -0.121. The highest BCUT2D eigenvalue weighted by atomic mass is 19.1. The van der Waals surface area contributed by atoms with Gasteiger partial charge in [-0.3, -0.25) is 9.59 Å². The Morgan fingerprint density at radius 3 is 2.61 bits per heavy atom. The van der Waals surface area contributed by atoms with E-state index in [4.69, 9.17) is 4.52 Å². The number of hydrogen-bond acceptors (Lipinski definition) is 6. The molecule has 5 rings (SSSR count). The summed E-state index contributed by atoms with van der Waals surface area (Å²) in [6.07, 6.45) is 3.48. The molecule has 9 heteroatoms. The summed E-state index contributed by atoms with van der Waals surface area (Å²) in [4.78, 5) is 37.0. The predicted octanol–water partition coefficient (Wildman–Crippen LogP) is 3.87. The van der Waals surface area contributed by atoms with Crippen molar-refractivity contribution in [1.29, 1.82) is 0 Å². The highest BCUT2D eigenvalue weighted by Gasteiger charge is 2.21. The number of H-pyrrole nitrogens is 1. The zero-order valence-corrected chi connectivity index (χ0v) is 19.7. The topological polar surface area (TPSA) is 114 Å². The van der Waals surface area contributed by atoms with Gasteiger partial charge in [0.1, 0.15) is 11.6 Å². The number of aryl methyl sites for hydroxylation is 2. The summed E-state index contributed by atoms with van der Waals surface area (Å²) in [6.45, 7) is 0.536. The molecule has 36 heavy (non-hydrogen) atoms. The number of rotatable bonds is 7. The van der Waals surface area contributed by atoms with E-state index in [9.17, 15) is 14.0 Å². The van der Waals surface area contributed by atoms with Crippen molar-refractivity contribution in [3.05, 3.63) is 87.9 Å². The predicted molar refractivity (Wildman–Crippen MR) is 131 cm³/mol. The summed E-state index contributed by atoms with van der Waals surface area (Å²) in [5.74, 6) is 1.21. The second-order valence-electron chi connectivity index (χ2n) is 8.97. The van der Waals surface area contributed by atoms with Crippen molar-refractivity contribution in [1.82, 2.24) is 25.4 Å². The Hall–Kier alpha value is -4.14. The Morgan fingerprint density at radius 1 is 1.03 bits per heavy atom. The first-order valence-electron chi connectivity index (χ1n) is 12.1. The average Bonchev–Trinajstić information content (AvgIpc) is 3.28. The molecule has 2 aromatic carbocycles. The monoisotopic (exact) mass is 487 g/mol. The maximum Gasteiger partial charge on any atom is 0.254 e. The average molecular weight is 488 g/mol. The number of benzene rings is 2. The van der Waals surface area contributed by atoms with Gasteiger partial charge in [0.05, 0.1) is 5.69 Å². The van der Waals surface area contributed by atoms with E-state index in [1.165, 1.54) is 12.1 Å². The maximum absolute atomic E-state index is 13.2. The van der Waals surface area contributed by atoms with Gasteiger partial charge >= 0.3 is 0 Å². The molecule has 1 aliphatic rings. The SMILES string of the molecule is O=C(CCc1nc(-c2ccccc2)no1)NCC1CCc2nc(-c3ccc(F)cc3)[nH]c(=O)c2CC1. The molecule has 2 N–H and O–H groups in total. The summed E-state index contributed by atoms with van der Waals surface area (Å²) in [5, 5.41) is 6.98. The number of carbonyl (C=O) groups is 1. The van der Waals surface area contributed by atoms with Crippen molar-refractivity contribution in [2.75, 3.05) is 6.54 Å². The molecule has 0 spiro atoms. The van der Waals surface area contributed by atoms with Gasteiger partial charge in [-0.25, -0.2) is 9.37 Å². The molecule has 0 fully saturated rings. The quantitative estimate of drug-likeness (QED) is 0.383. The van der Waals surface area contributed by atoms with Crippen LogP contribution >= 0.6 is 0 Å². The number of aromatic amines is 1. The Kier molecular flexibility index (Phi) is 6.97. The molecule has 0 aliphatic heterocycles. The first-order valence-corrected chi connectivity index (χ1v) is 12.1. The van der Waals surface area contributed by atoms with Crippen molar-refractivity contribution in [3.63, 3.8) is 0 Å². The van der Waals surface area contributed by atoms with Crippen LogP contribution in [0.5, 0.6) is 0 Å². The maximum atomic E-state index is 13.2. The van der Waals surface area contributed by atoms with E-state index in [0.29, 0.717) is 54.5 Å². The smallest absolute Gasteiger partial charge is 0.254 e. The molecule has 0 saturated heterocycles. The third kappa shape index (κ3) is 5.56. The second-order valence-corrected chi connectivity index (χ2v) is 8.97. The molecular formula is C27H26FN5O3. The second kappa shape index (κ2) is 10.6. The van der Waals surface area contributed by atoms with Gasteiger partial charge in [0.25, 0.3) is 5.56 Å². The van der Waals surface area contributed by atoms with Crippen LogP contribution in [-0.4, -0.2) is 32.6 Å². The van der Waals surface area contributed by atoms with Crippen molar-refractivity contribution in [3.8, 4) is 22.8 Å². The first-order chi connectivity index (χ1) is 17.5. The zero-order chi connectivity index (χ0) is 24.9. The number of carbonyl (C=O) groups excluding carboxylic acids is 1. The number of nitrogens with one attached hydrogen (secondary N) is 2. The van der Waals surface area contributed by atoms with E-state index in [0.717, 1.165) is 24.1 Å². The van der Waals surface area contributed by atoms with Crippen LogP contribution in [0, 0.1) is 11.7 Å². The Balaban J connectivity index is 1.13. The molecule has 1 aliphatic carbocycles. The molecule has 2 heterocycles. The van der Waals surface area contributed by atoms with Crippen molar-refractivity contribution in [2.45, 2.75) is 38.5 Å². The fraction of sp³-hybridized carbons (Fsp3) is 0.296. The number of amides is 1. The number of aromatic nitrogens is 4. The minimum absolute atomic E-state index is 0.0780. The standard InChI is InChI=1S/C27H26FN5O3/c28-20-10-8-19(9-11-20)25-30-22-13-7-17(6-12-21(22)27(35)32-25)16-29-23(34)14-15-24-31-26(33-36-24)18-4-2-1-3-5-18/h1-5,8-11,17H,6-7,12-16H2,(H,29,34)(H,30,32,35). The van der Waals surface area contributed by atoms with Gasteiger partial charge in [0, 0.05) is 36.1 Å². The Morgan fingerprint density at radius 2 is 1.81 bits per heavy atom. The zero-order valence-electron chi connectivity index (χ0n) is 19.7. The molecule has 0 radical (unpaired) electrons. The first kappa shape index (κ1) is 23.6. The largest absolute Gasteiger partial charge is 0.356 e. The minimum Gasteiger partial charge on any atom is -0.356 e. The molecule has 8 nitrogen and oxygen atoms in total. The van der Waals surface area contributed by atoms with E-state index in [2.05, 4.69) is 25.4 Å². The van der Waals surface area contributed by atoms with Crippen LogP contribution in [0.1, 0.15) is 36.4 Å². The summed E-state index contributed by atoms with van der Waals surface area (Å²) >= 11 is 0. The lowest BCUT2D eigenvalue weighted by Gasteiger charge is -2.14. The minimum atomic E-state index is -0.338. The molecule has 4 aromatic rings. The van der Waals surface area contributed by atoms with Gasteiger partial charge in [-0.05, 0) is 55.9 Å². The van der Waals surface area contributed by atoms with Gasteiger partial charge in [0.15, 0.2) is 0 Å². The van der Waals surface area contributed by atoms with Crippen molar-refractivity contribution >= 4 is 5.91 Å². The van der Waals surface area contributed by atoms with Crippen LogP contribution in [0.25, 0.3) is 22.8 Å². The van der Waals surface area contributed by atoms with Crippen molar-refractivity contribution < 1.29 is 13.7 Å². The van der Waals surface area contributed by atoms with Crippen LogP contribution < -0.4 is 10.9 Å². The number of hydrogen-bond donors (Lipinski definition) is 2. The van der Waals surface area contributed by atoms with Crippen LogP contribution in [0.4, 0.5) is 4.39 Å². The molecular weight excluding hydrogens is 461 g/mol. The third-order valence-corrected chi connectivity index (χ3v) is 6.46. The van der Waals surface area contributed by atoms with Crippen LogP contribution in [-0.2, 0) is 24.1 Å². The van der Waals surface area contributed by atoms with Gasteiger partial charge in [0.2, 0.25) is 17.6 Å². The molecule has 1 amide bonds. The molecule has 184 valence electrons. The van der Waals surface area contributed by atoms with Crippen molar-refractivity contribution in [2.24, 2.45) is 5.92 Å². The normalized spacial score (nSPS) is 15.2. The molecule has 1 unspecified atom stereocenters. The van der Waals surface area contributed by atoms with Gasteiger partial charge < -0.3 is 14.8 Å². The highest BCUT2D eigenvalue weighted by Crippen LogP contribution is 2.23. The Bertz CT molecular complexity index is 1400. The van der Waals surface area contributed by atoms with E-state index in [1.807, 2.05) is 30.3 Å². The molecule has 2 aromatic heterocycles. The van der Waals surface area contributed by atoms with Gasteiger partial charge in [-0.2, -0.15) is 4.98 Å². The van der Waals surface area contributed by atoms with E-state index in [1.54, 1.807) is 12.1 Å². The number of halogens is 1.